The second kappa shape index (κ2) is 6.78. The third-order valence-electron chi connectivity index (χ3n) is 2.64. The minimum atomic E-state index is -4.48. The maximum atomic E-state index is 12.4. The molecular formula is C12H14ClF3N2O2. The van der Waals surface area contributed by atoms with Crippen molar-refractivity contribution in [3.63, 3.8) is 0 Å². The molecule has 1 aromatic rings. The zero-order chi connectivity index (χ0) is 15.3. The molecule has 2 N–H and O–H groups in total. The molecule has 0 saturated carbocycles. The van der Waals surface area contributed by atoms with Crippen LogP contribution in [0.25, 0.3) is 0 Å². The number of carboxylic acids is 1. The van der Waals surface area contributed by atoms with Gasteiger partial charge in [0.15, 0.2) is 0 Å². The van der Waals surface area contributed by atoms with Crippen LogP contribution < -0.4 is 5.32 Å². The molecular weight excluding hydrogens is 297 g/mol. The topological polar surface area (TPSA) is 62.2 Å². The van der Waals surface area contributed by atoms with E-state index in [0.717, 1.165) is 6.07 Å². The highest BCUT2D eigenvalue weighted by Crippen LogP contribution is 2.32. The first-order valence-corrected chi connectivity index (χ1v) is 6.26. The molecule has 112 valence electrons. The maximum absolute atomic E-state index is 12.4. The maximum Gasteiger partial charge on any atom is 0.417 e. The molecule has 20 heavy (non-hydrogen) atoms. The molecule has 0 amide bonds. The molecule has 0 aliphatic rings. The first-order valence-electron chi connectivity index (χ1n) is 5.88. The summed E-state index contributed by atoms with van der Waals surface area (Å²) in [6, 6.07) is 0.804. The van der Waals surface area contributed by atoms with Gasteiger partial charge in [0.1, 0.15) is 5.82 Å². The number of hydrogen-bond acceptors (Lipinski definition) is 3. The highest BCUT2D eigenvalue weighted by Gasteiger charge is 2.31. The first-order chi connectivity index (χ1) is 9.20. The Kier molecular flexibility index (Phi) is 5.62. The molecule has 0 bridgehead atoms. The average molecular weight is 311 g/mol. The van der Waals surface area contributed by atoms with Crippen molar-refractivity contribution in [3.8, 4) is 0 Å². The average Bonchev–Trinajstić information content (AvgIpc) is 2.33. The van der Waals surface area contributed by atoms with Gasteiger partial charge in [-0.15, -0.1) is 0 Å². The molecule has 1 rings (SSSR count). The van der Waals surface area contributed by atoms with Crippen molar-refractivity contribution >= 4 is 23.4 Å². The van der Waals surface area contributed by atoms with E-state index in [0.29, 0.717) is 19.2 Å². The van der Waals surface area contributed by atoms with Gasteiger partial charge in [0.05, 0.1) is 10.6 Å². The summed E-state index contributed by atoms with van der Waals surface area (Å²) in [5.41, 5.74) is -0.910. The number of carboxylic acid groups (broad SMARTS) is 1. The lowest BCUT2D eigenvalue weighted by atomic mass is 10.1. The number of rotatable bonds is 6. The fourth-order valence-electron chi connectivity index (χ4n) is 1.47. The summed E-state index contributed by atoms with van der Waals surface area (Å²) in [5.74, 6) is -0.698. The second-order valence-electron chi connectivity index (χ2n) is 4.47. The summed E-state index contributed by atoms with van der Waals surface area (Å²) in [6.45, 7) is 2.21. The molecule has 8 heteroatoms. The summed E-state index contributed by atoms with van der Waals surface area (Å²) in [5, 5.41) is 11.2. The summed E-state index contributed by atoms with van der Waals surface area (Å²) >= 11 is 5.73. The third-order valence-corrected chi connectivity index (χ3v) is 2.93. The van der Waals surface area contributed by atoms with Gasteiger partial charge in [-0.05, 0) is 18.4 Å². The van der Waals surface area contributed by atoms with E-state index >= 15 is 0 Å². The summed E-state index contributed by atoms with van der Waals surface area (Å²) < 4.78 is 37.2. The SMILES string of the molecule is CC(CCC(=O)O)CNc1ncc(C(F)(F)F)cc1Cl. The van der Waals surface area contributed by atoms with Crippen LogP contribution in [0, 0.1) is 5.92 Å². The monoisotopic (exact) mass is 310 g/mol. The fraction of sp³-hybridized carbons (Fsp3) is 0.500. The lowest BCUT2D eigenvalue weighted by molar-refractivity contribution is -0.138. The summed E-state index contributed by atoms with van der Waals surface area (Å²) in [7, 11) is 0. The molecule has 0 aliphatic heterocycles. The summed E-state index contributed by atoms with van der Waals surface area (Å²) in [6.07, 6.45) is -3.28. The Morgan fingerprint density at radius 1 is 1.55 bits per heavy atom. The minimum Gasteiger partial charge on any atom is -0.481 e. The van der Waals surface area contributed by atoms with E-state index in [-0.39, 0.29) is 23.2 Å². The number of halogens is 4. The van der Waals surface area contributed by atoms with Gasteiger partial charge in [-0.1, -0.05) is 18.5 Å². The highest BCUT2D eigenvalue weighted by molar-refractivity contribution is 6.32. The van der Waals surface area contributed by atoms with Gasteiger partial charge in [-0.2, -0.15) is 13.2 Å². The van der Waals surface area contributed by atoms with E-state index in [4.69, 9.17) is 16.7 Å². The largest absolute Gasteiger partial charge is 0.481 e. The standard InChI is InChI=1S/C12H14ClF3N2O2/c1-7(2-3-10(19)20)5-17-11-9(13)4-8(6-18-11)12(14,15)16/h4,6-7H,2-3,5H2,1H3,(H,17,18)(H,19,20). The fourth-order valence-corrected chi connectivity index (χ4v) is 1.70. The van der Waals surface area contributed by atoms with Gasteiger partial charge in [0.2, 0.25) is 0 Å². The number of nitrogens with one attached hydrogen (secondary N) is 1. The predicted molar refractivity (Wildman–Crippen MR) is 68.8 cm³/mol. The van der Waals surface area contributed by atoms with Crippen molar-refractivity contribution in [2.24, 2.45) is 5.92 Å². The molecule has 1 unspecified atom stereocenters. The molecule has 4 nitrogen and oxygen atoms in total. The van der Waals surface area contributed by atoms with Gasteiger partial charge in [0.25, 0.3) is 0 Å². The number of nitrogens with zero attached hydrogens (tertiary/aromatic N) is 1. The van der Waals surface area contributed by atoms with E-state index in [1.165, 1.54) is 0 Å². The van der Waals surface area contributed by atoms with Gasteiger partial charge in [0, 0.05) is 19.2 Å². The van der Waals surface area contributed by atoms with Crippen molar-refractivity contribution in [1.82, 2.24) is 4.98 Å². The zero-order valence-corrected chi connectivity index (χ0v) is 11.4. The first kappa shape index (κ1) is 16.6. The molecule has 0 spiro atoms. The molecule has 0 fully saturated rings. The van der Waals surface area contributed by atoms with Crippen molar-refractivity contribution in [3.05, 3.63) is 22.8 Å². The van der Waals surface area contributed by atoms with Crippen molar-refractivity contribution in [2.75, 3.05) is 11.9 Å². The Labute approximate surface area is 119 Å². The van der Waals surface area contributed by atoms with E-state index in [2.05, 4.69) is 10.3 Å². The molecule has 0 aliphatic carbocycles. The van der Waals surface area contributed by atoms with Gasteiger partial charge < -0.3 is 10.4 Å². The number of anilines is 1. The van der Waals surface area contributed by atoms with Crippen LogP contribution in [0.15, 0.2) is 12.3 Å². The van der Waals surface area contributed by atoms with E-state index < -0.39 is 17.7 Å². The van der Waals surface area contributed by atoms with Crippen LogP contribution in [0.3, 0.4) is 0 Å². The molecule has 1 atom stereocenters. The second-order valence-corrected chi connectivity index (χ2v) is 4.88. The van der Waals surface area contributed by atoms with Crippen LogP contribution in [0.5, 0.6) is 0 Å². The van der Waals surface area contributed by atoms with Crippen LogP contribution in [-0.4, -0.2) is 22.6 Å². The van der Waals surface area contributed by atoms with E-state index in [1.807, 2.05) is 6.92 Å². The lowest BCUT2D eigenvalue weighted by Crippen LogP contribution is -2.14. The molecule has 1 aromatic heterocycles. The van der Waals surface area contributed by atoms with Crippen LogP contribution in [0.2, 0.25) is 5.02 Å². The number of aromatic nitrogens is 1. The van der Waals surface area contributed by atoms with Crippen LogP contribution in [0.1, 0.15) is 25.3 Å². The Hall–Kier alpha value is -1.50. The Balaban J connectivity index is 2.59. The quantitative estimate of drug-likeness (QED) is 0.841. The normalized spacial score (nSPS) is 13.1. The smallest absolute Gasteiger partial charge is 0.417 e. The van der Waals surface area contributed by atoms with Gasteiger partial charge in [-0.25, -0.2) is 4.98 Å². The Bertz CT molecular complexity index is 480. The Morgan fingerprint density at radius 2 is 2.20 bits per heavy atom. The minimum absolute atomic E-state index is 0.0336. The molecule has 0 aromatic carbocycles. The van der Waals surface area contributed by atoms with Crippen molar-refractivity contribution in [1.29, 1.82) is 0 Å². The van der Waals surface area contributed by atoms with Crippen molar-refractivity contribution in [2.45, 2.75) is 25.9 Å². The summed E-state index contributed by atoms with van der Waals surface area (Å²) in [4.78, 5) is 14.0. The lowest BCUT2D eigenvalue weighted by Gasteiger charge is -2.14. The van der Waals surface area contributed by atoms with Gasteiger partial charge in [-0.3, -0.25) is 4.79 Å². The Morgan fingerprint density at radius 3 is 2.70 bits per heavy atom. The van der Waals surface area contributed by atoms with Crippen LogP contribution in [0.4, 0.5) is 19.0 Å². The van der Waals surface area contributed by atoms with Crippen molar-refractivity contribution < 1.29 is 23.1 Å². The molecule has 0 saturated heterocycles. The third kappa shape index (κ3) is 5.24. The zero-order valence-electron chi connectivity index (χ0n) is 10.7. The van der Waals surface area contributed by atoms with Crippen LogP contribution in [-0.2, 0) is 11.0 Å². The molecule has 1 heterocycles. The number of pyridine rings is 1. The van der Waals surface area contributed by atoms with E-state index in [1.54, 1.807) is 0 Å². The predicted octanol–water partition coefficient (Wildman–Crippen LogP) is 3.67. The highest BCUT2D eigenvalue weighted by atomic mass is 35.5. The van der Waals surface area contributed by atoms with Gasteiger partial charge >= 0.3 is 12.1 Å². The van der Waals surface area contributed by atoms with E-state index in [9.17, 15) is 18.0 Å². The molecule has 0 radical (unpaired) electrons. The van der Waals surface area contributed by atoms with Crippen LogP contribution >= 0.6 is 11.6 Å². The number of aliphatic carboxylic acids is 1. The number of alkyl halides is 3. The number of carbonyl (C=O) groups is 1. The number of hydrogen-bond donors (Lipinski definition) is 2.